The number of rotatable bonds is 5. The maximum Gasteiger partial charge on any atom is 0.188 e. The van der Waals surface area contributed by atoms with Gasteiger partial charge in [-0.05, 0) is 56.0 Å². The smallest absolute Gasteiger partial charge is 0.188 e. The number of thiazole rings is 1. The lowest BCUT2D eigenvalue weighted by Gasteiger charge is -2.22. The molecule has 0 saturated carbocycles. The number of piperidine rings is 1. The third-order valence-corrected chi connectivity index (χ3v) is 5.46. The maximum atomic E-state index is 4.77. The van der Waals surface area contributed by atoms with E-state index in [1.165, 1.54) is 18.4 Å². The Kier molecular flexibility index (Phi) is 5.04. The van der Waals surface area contributed by atoms with Crippen LogP contribution in [0.2, 0.25) is 0 Å². The summed E-state index contributed by atoms with van der Waals surface area (Å²) < 4.78 is 0. The van der Waals surface area contributed by atoms with Crippen molar-refractivity contribution in [1.29, 1.82) is 0 Å². The fourth-order valence-corrected chi connectivity index (χ4v) is 4.06. The molecule has 1 atom stereocenters. The predicted octanol–water partition coefficient (Wildman–Crippen LogP) is 4.49. The molecule has 1 aliphatic rings. The Morgan fingerprint density at radius 3 is 2.88 bits per heavy atom. The second-order valence-corrected chi connectivity index (χ2v) is 7.48. The van der Waals surface area contributed by atoms with E-state index in [1.807, 2.05) is 30.5 Å². The molecule has 1 aromatic carbocycles. The van der Waals surface area contributed by atoms with Gasteiger partial charge in [0.25, 0.3) is 0 Å². The molecule has 3 heterocycles. The highest BCUT2D eigenvalue weighted by Gasteiger charge is 2.14. The highest BCUT2D eigenvalue weighted by Crippen LogP contribution is 2.30. The number of aromatic nitrogens is 2. The van der Waals surface area contributed by atoms with Crippen LogP contribution in [-0.4, -0.2) is 23.1 Å². The zero-order valence-electron chi connectivity index (χ0n) is 14.1. The summed E-state index contributed by atoms with van der Waals surface area (Å²) >= 11 is 1.65. The van der Waals surface area contributed by atoms with Crippen LogP contribution in [0.1, 0.15) is 18.5 Å². The Bertz CT molecular complexity index is 809. The number of anilines is 2. The zero-order chi connectivity index (χ0) is 16.9. The van der Waals surface area contributed by atoms with E-state index in [9.17, 15) is 0 Å². The van der Waals surface area contributed by atoms with Gasteiger partial charge in [-0.15, -0.1) is 0 Å². The molecule has 4 nitrogen and oxygen atoms in total. The van der Waals surface area contributed by atoms with Gasteiger partial charge in [0.05, 0.1) is 4.88 Å². The first-order valence-corrected chi connectivity index (χ1v) is 9.63. The predicted molar refractivity (Wildman–Crippen MR) is 104 cm³/mol. The van der Waals surface area contributed by atoms with Crippen molar-refractivity contribution in [2.45, 2.75) is 19.3 Å². The van der Waals surface area contributed by atoms with E-state index in [1.54, 1.807) is 11.3 Å². The van der Waals surface area contributed by atoms with Gasteiger partial charge < -0.3 is 10.6 Å². The molecule has 0 bridgehead atoms. The van der Waals surface area contributed by atoms with E-state index >= 15 is 0 Å². The minimum absolute atomic E-state index is 0.695. The molecule has 5 heteroatoms. The summed E-state index contributed by atoms with van der Waals surface area (Å²) in [6.45, 7) is 2.26. The van der Waals surface area contributed by atoms with Gasteiger partial charge in [0.2, 0.25) is 0 Å². The lowest BCUT2D eigenvalue weighted by atomic mass is 9.94. The van der Waals surface area contributed by atoms with E-state index in [-0.39, 0.29) is 0 Å². The summed E-state index contributed by atoms with van der Waals surface area (Å²) in [4.78, 5) is 10.4. The van der Waals surface area contributed by atoms with Crippen LogP contribution in [0.15, 0.2) is 54.7 Å². The topological polar surface area (TPSA) is 49.8 Å². The molecule has 1 aliphatic heterocycles. The van der Waals surface area contributed by atoms with Gasteiger partial charge in [-0.1, -0.05) is 47.7 Å². The molecular weight excluding hydrogens is 328 g/mol. The van der Waals surface area contributed by atoms with E-state index in [4.69, 9.17) is 4.98 Å². The molecule has 2 aromatic heterocycles. The molecule has 3 aromatic rings. The number of benzene rings is 1. The quantitative estimate of drug-likeness (QED) is 0.712. The third-order valence-electron chi connectivity index (χ3n) is 4.50. The van der Waals surface area contributed by atoms with Crippen molar-refractivity contribution < 1.29 is 0 Å². The fourth-order valence-electron chi connectivity index (χ4n) is 3.23. The Hall–Kier alpha value is -2.24. The molecule has 1 fully saturated rings. The second kappa shape index (κ2) is 7.76. The van der Waals surface area contributed by atoms with E-state index in [0.29, 0.717) is 5.92 Å². The first-order chi connectivity index (χ1) is 12.4. The monoisotopic (exact) mass is 350 g/mol. The third kappa shape index (κ3) is 4.24. The largest absolute Gasteiger partial charge is 0.316 e. The Labute approximate surface area is 152 Å². The summed E-state index contributed by atoms with van der Waals surface area (Å²) in [6.07, 6.45) is 5.51. The van der Waals surface area contributed by atoms with Crippen LogP contribution in [0.25, 0.3) is 10.4 Å². The van der Waals surface area contributed by atoms with Gasteiger partial charge in [0.15, 0.2) is 5.13 Å². The van der Waals surface area contributed by atoms with Crippen molar-refractivity contribution in [2.24, 2.45) is 5.92 Å². The lowest BCUT2D eigenvalue weighted by molar-refractivity contribution is 0.373. The Balaban J connectivity index is 1.44. The average Bonchev–Trinajstić information content (AvgIpc) is 3.12. The van der Waals surface area contributed by atoms with Crippen molar-refractivity contribution >= 4 is 22.3 Å². The van der Waals surface area contributed by atoms with Gasteiger partial charge in [-0.25, -0.2) is 9.97 Å². The van der Waals surface area contributed by atoms with E-state index in [2.05, 4.69) is 39.9 Å². The van der Waals surface area contributed by atoms with Gasteiger partial charge in [-0.2, -0.15) is 0 Å². The number of hydrogen-bond donors (Lipinski definition) is 2. The summed E-state index contributed by atoms with van der Waals surface area (Å²) in [7, 11) is 0. The molecule has 0 amide bonds. The molecule has 2 N–H and O–H groups in total. The SMILES string of the molecule is c1ccc(-c2cnc(Nc3cccc(C[C@H]4CCCNC4)n3)s2)cc1. The van der Waals surface area contributed by atoms with Crippen LogP contribution in [0.5, 0.6) is 0 Å². The molecule has 128 valence electrons. The average molecular weight is 350 g/mol. The fraction of sp³-hybridized carbons (Fsp3) is 0.300. The van der Waals surface area contributed by atoms with Crippen molar-refractivity contribution in [1.82, 2.24) is 15.3 Å². The van der Waals surface area contributed by atoms with Gasteiger partial charge >= 0.3 is 0 Å². The van der Waals surface area contributed by atoms with Crippen LogP contribution in [0.4, 0.5) is 10.9 Å². The molecule has 0 aliphatic carbocycles. The highest BCUT2D eigenvalue weighted by molar-refractivity contribution is 7.18. The normalized spacial score (nSPS) is 17.4. The zero-order valence-corrected chi connectivity index (χ0v) is 14.9. The van der Waals surface area contributed by atoms with Crippen LogP contribution in [0, 0.1) is 5.92 Å². The van der Waals surface area contributed by atoms with Crippen LogP contribution in [0.3, 0.4) is 0 Å². The minimum atomic E-state index is 0.695. The number of nitrogens with one attached hydrogen (secondary N) is 2. The van der Waals surface area contributed by atoms with E-state index in [0.717, 1.165) is 41.0 Å². The molecule has 25 heavy (non-hydrogen) atoms. The van der Waals surface area contributed by atoms with Crippen LogP contribution < -0.4 is 10.6 Å². The Morgan fingerprint density at radius 2 is 2.04 bits per heavy atom. The van der Waals surface area contributed by atoms with Crippen LogP contribution in [-0.2, 0) is 6.42 Å². The van der Waals surface area contributed by atoms with Gasteiger partial charge in [0.1, 0.15) is 5.82 Å². The second-order valence-electron chi connectivity index (χ2n) is 6.45. The van der Waals surface area contributed by atoms with Gasteiger partial charge in [0, 0.05) is 11.9 Å². The molecule has 4 rings (SSSR count). The molecule has 0 radical (unpaired) electrons. The number of hydrogen-bond acceptors (Lipinski definition) is 5. The summed E-state index contributed by atoms with van der Waals surface area (Å²) in [5.41, 5.74) is 2.35. The van der Waals surface area contributed by atoms with Crippen molar-refractivity contribution in [3.63, 3.8) is 0 Å². The molecule has 0 unspecified atom stereocenters. The van der Waals surface area contributed by atoms with E-state index < -0.39 is 0 Å². The first-order valence-electron chi connectivity index (χ1n) is 8.82. The molecule has 1 saturated heterocycles. The summed E-state index contributed by atoms with van der Waals surface area (Å²) in [5, 5.41) is 7.71. The van der Waals surface area contributed by atoms with Crippen molar-refractivity contribution in [2.75, 3.05) is 18.4 Å². The minimum Gasteiger partial charge on any atom is -0.316 e. The lowest BCUT2D eigenvalue weighted by Crippen LogP contribution is -2.31. The number of pyridine rings is 1. The standard InChI is InChI=1S/C20H22N4S/c1-2-7-16(8-3-1)18-14-22-20(25-18)24-19-10-4-9-17(23-19)12-15-6-5-11-21-13-15/h1-4,7-10,14-15,21H,5-6,11-13H2,(H,22,23,24)/t15-/m1/s1. The molecule has 0 spiro atoms. The summed E-state index contributed by atoms with van der Waals surface area (Å²) in [5.74, 6) is 1.57. The number of nitrogens with zero attached hydrogens (tertiary/aromatic N) is 2. The van der Waals surface area contributed by atoms with Crippen LogP contribution >= 0.6 is 11.3 Å². The Morgan fingerprint density at radius 1 is 1.12 bits per heavy atom. The maximum absolute atomic E-state index is 4.77. The highest BCUT2D eigenvalue weighted by atomic mass is 32.1. The molecular formula is C20H22N4S. The first kappa shape index (κ1) is 16.2. The van der Waals surface area contributed by atoms with Crippen molar-refractivity contribution in [3.05, 3.63) is 60.4 Å². The van der Waals surface area contributed by atoms with Gasteiger partial charge in [-0.3, -0.25) is 0 Å². The summed E-state index contributed by atoms with van der Waals surface area (Å²) in [6, 6.07) is 16.5. The van der Waals surface area contributed by atoms with Crippen molar-refractivity contribution in [3.8, 4) is 10.4 Å².